The van der Waals surface area contributed by atoms with Crippen molar-refractivity contribution in [2.24, 2.45) is 0 Å². The molecule has 0 unspecified atom stereocenters. The molecule has 3 rings (SSSR count). The van der Waals surface area contributed by atoms with Crippen LogP contribution < -0.4 is 0 Å². The Morgan fingerprint density at radius 2 is 2.00 bits per heavy atom. The van der Waals surface area contributed by atoms with E-state index in [0.717, 1.165) is 24.1 Å². The Labute approximate surface area is 154 Å². The van der Waals surface area contributed by atoms with Gasteiger partial charge < -0.3 is 14.8 Å². The molecule has 1 aliphatic heterocycles. The van der Waals surface area contributed by atoms with Gasteiger partial charge in [0, 0.05) is 31.4 Å². The number of amides is 2. The number of aromatic nitrogens is 2. The van der Waals surface area contributed by atoms with Gasteiger partial charge in [0.15, 0.2) is 0 Å². The normalized spacial score (nSPS) is 17.7. The fourth-order valence-corrected chi connectivity index (χ4v) is 3.37. The monoisotopic (exact) mass is 354 g/mol. The molecule has 0 radical (unpaired) electrons. The Bertz CT molecular complexity index is 784. The number of piperazine rings is 1. The number of nitrogens with zero attached hydrogens (tertiary/aromatic N) is 3. The zero-order chi connectivity index (χ0) is 18.7. The second-order valence-electron chi connectivity index (χ2n) is 6.84. The van der Waals surface area contributed by atoms with Gasteiger partial charge in [0.05, 0.1) is 0 Å². The third-order valence-electron chi connectivity index (χ3n) is 4.94. The number of unbranched alkanes of at least 4 members (excludes halogenated alkanes) is 1. The van der Waals surface area contributed by atoms with E-state index in [1.54, 1.807) is 16.8 Å². The Morgan fingerprint density at radius 3 is 2.69 bits per heavy atom. The Balaban J connectivity index is 1.87. The van der Waals surface area contributed by atoms with Crippen molar-refractivity contribution in [2.75, 3.05) is 20.1 Å². The average Bonchev–Trinajstić information content (AvgIpc) is 3.05. The molecule has 6 heteroatoms. The van der Waals surface area contributed by atoms with Gasteiger partial charge in [-0.1, -0.05) is 50.1 Å². The van der Waals surface area contributed by atoms with Crippen molar-refractivity contribution in [2.45, 2.75) is 39.2 Å². The number of imidazole rings is 1. The summed E-state index contributed by atoms with van der Waals surface area (Å²) in [7, 11) is 1.80. The Kier molecular flexibility index (Phi) is 5.40. The van der Waals surface area contributed by atoms with Gasteiger partial charge in [-0.2, -0.15) is 0 Å². The molecule has 2 aromatic rings. The summed E-state index contributed by atoms with van der Waals surface area (Å²) in [6, 6.07) is 9.34. The largest absolute Gasteiger partial charge is 0.342 e. The fourth-order valence-electron chi connectivity index (χ4n) is 3.37. The van der Waals surface area contributed by atoms with Crippen LogP contribution in [0, 0.1) is 6.92 Å². The maximum absolute atomic E-state index is 13.2. The molecule has 2 heterocycles. The number of carbonyl (C=O) groups is 2. The highest BCUT2D eigenvalue weighted by Gasteiger charge is 2.37. The number of benzene rings is 1. The van der Waals surface area contributed by atoms with Crippen molar-refractivity contribution in [1.29, 1.82) is 0 Å². The molecule has 2 amide bonds. The number of rotatable bonds is 5. The van der Waals surface area contributed by atoms with Crippen molar-refractivity contribution in [1.82, 2.24) is 19.8 Å². The smallest absolute Gasteiger partial charge is 0.275 e. The molecular weight excluding hydrogens is 328 g/mol. The Morgan fingerprint density at radius 1 is 1.27 bits per heavy atom. The zero-order valence-electron chi connectivity index (χ0n) is 15.7. The minimum Gasteiger partial charge on any atom is -0.342 e. The topological polar surface area (TPSA) is 69.3 Å². The number of likely N-dealkylation sites (N-methyl/N-ethyl adjacent to an activating group) is 1. The van der Waals surface area contributed by atoms with Crippen LogP contribution >= 0.6 is 0 Å². The van der Waals surface area contributed by atoms with Gasteiger partial charge in [0.1, 0.15) is 17.6 Å². The summed E-state index contributed by atoms with van der Waals surface area (Å²) >= 11 is 0. The average molecular weight is 354 g/mol. The lowest BCUT2D eigenvalue weighted by molar-refractivity contribution is -0.138. The predicted octanol–water partition coefficient (Wildman–Crippen LogP) is 2.86. The van der Waals surface area contributed by atoms with Crippen LogP contribution in [0.15, 0.2) is 30.3 Å². The molecule has 0 bridgehead atoms. The van der Waals surface area contributed by atoms with Gasteiger partial charge in [-0.05, 0) is 13.3 Å². The minimum atomic E-state index is -0.391. The standard InChI is InChI=1S/C20H26N4O2/c1-4-5-11-16-19(25)23(3)12-13-24(16)20(26)17-14(2)21-18(22-17)15-9-7-6-8-10-15/h6-10,16H,4-5,11-13H2,1-3H3,(H,21,22)/t16-/m1/s1. The van der Waals surface area contributed by atoms with E-state index in [1.165, 1.54) is 0 Å². The minimum absolute atomic E-state index is 0.0227. The van der Waals surface area contributed by atoms with Crippen molar-refractivity contribution in [3.63, 3.8) is 0 Å². The second kappa shape index (κ2) is 7.72. The maximum Gasteiger partial charge on any atom is 0.275 e. The summed E-state index contributed by atoms with van der Waals surface area (Å²) in [4.78, 5) is 36.9. The maximum atomic E-state index is 13.2. The number of hydrogen-bond acceptors (Lipinski definition) is 3. The Hall–Kier alpha value is -2.63. The predicted molar refractivity (Wildman–Crippen MR) is 101 cm³/mol. The summed E-state index contributed by atoms with van der Waals surface area (Å²) < 4.78 is 0. The lowest BCUT2D eigenvalue weighted by Crippen LogP contribution is -2.57. The van der Waals surface area contributed by atoms with Gasteiger partial charge in [-0.3, -0.25) is 9.59 Å². The van der Waals surface area contributed by atoms with Crippen LogP contribution in [0.5, 0.6) is 0 Å². The van der Waals surface area contributed by atoms with Gasteiger partial charge in [0.25, 0.3) is 5.91 Å². The van der Waals surface area contributed by atoms with Gasteiger partial charge in [-0.15, -0.1) is 0 Å². The summed E-state index contributed by atoms with van der Waals surface area (Å²) in [5, 5.41) is 0. The molecule has 1 saturated heterocycles. The molecule has 0 saturated carbocycles. The third kappa shape index (κ3) is 3.49. The first-order valence-corrected chi connectivity index (χ1v) is 9.21. The van der Waals surface area contributed by atoms with Crippen LogP contribution in [-0.2, 0) is 4.79 Å². The fraction of sp³-hybridized carbons (Fsp3) is 0.450. The van der Waals surface area contributed by atoms with E-state index in [9.17, 15) is 9.59 Å². The van der Waals surface area contributed by atoms with Gasteiger partial charge >= 0.3 is 0 Å². The van der Waals surface area contributed by atoms with Crippen LogP contribution in [0.3, 0.4) is 0 Å². The number of nitrogens with one attached hydrogen (secondary N) is 1. The number of aryl methyl sites for hydroxylation is 1. The number of hydrogen-bond donors (Lipinski definition) is 1. The first-order chi connectivity index (χ1) is 12.5. The van der Waals surface area contributed by atoms with Crippen LogP contribution in [-0.4, -0.2) is 57.8 Å². The second-order valence-corrected chi connectivity index (χ2v) is 6.84. The van der Waals surface area contributed by atoms with Crippen molar-refractivity contribution in [3.8, 4) is 11.4 Å². The first kappa shape index (κ1) is 18.2. The SMILES string of the molecule is CCCC[C@@H]1C(=O)N(C)CCN1C(=O)c1nc(-c2ccccc2)[nH]c1C. The van der Waals surface area contributed by atoms with Gasteiger partial charge in [-0.25, -0.2) is 4.98 Å². The summed E-state index contributed by atoms with van der Waals surface area (Å²) in [6.07, 6.45) is 2.61. The molecular formula is C20H26N4O2. The quantitative estimate of drug-likeness (QED) is 0.898. The molecule has 0 aliphatic carbocycles. The number of H-pyrrole nitrogens is 1. The lowest BCUT2D eigenvalue weighted by Gasteiger charge is -2.39. The van der Waals surface area contributed by atoms with E-state index in [-0.39, 0.29) is 11.8 Å². The van der Waals surface area contributed by atoms with E-state index < -0.39 is 6.04 Å². The summed E-state index contributed by atoms with van der Waals surface area (Å²) in [5.41, 5.74) is 2.07. The third-order valence-corrected chi connectivity index (χ3v) is 4.94. The zero-order valence-corrected chi connectivity index (χ0v) is 15.7. The van der Waals surface area contributed by atoms with E-state index >= 15 is 0 Å². The highest BCUT2D eigenvalue weighted by Crippen LogP contribution is 2.22. The van der Waals surface area contributed by atoms with Crippen molar-refractivity contribution in [3.05, 3.63) is 41.7 Å². The van der Waals surface area contributed by atoms with Crippen molar-refractivity contribution >= 4 is 11.8 Å². The van der Waals surface area contributed by atoms with Crippen LogP contribution in [0.4, 0.5) is 0 Å². The summed E-state index contributed by atoms with van der Waals surface area (Å²) in [6.45, 7) is 5.05. The molecule has 138 valence electrons. The number of aromatic amines is 1. The highest BCUT2D eigenvalue weighted by atomic mass is 16.2. The van der Waals surface area contributed by atoms with Gasteiger partial charge in [0.2, 0.25) is 5.91 Å². The van der Waals surface area contributed by atoms with Crippen LogP contribution in [0.1, 0.15) is 42.4 Å². The number of carbonyl (C=O) groups excluding carboxylic acids is 2. The molecule has 1 fully saturated rings. The van der Waals surface area contributed by atoms with E-state index in [2.05, 4.69) is 16.9 Å². The molecule has 1 aromatic carbocycles. The van der Waals surface area contributed by atoms with Crippen LogP contribution in [0.2, 0.25) is 0 Å². The van der Waals surface area contributed by atoms with Crippen molar-refractivity contribution < 1.29 is 9.59 Å². The molecule has 1 aliphatic rings. The van der Waals surface area contributed by atoms with E-state index in [0.29, 0.717) is 31.0 Å². The summed E-state index contributed by atoms with van der Waals surface area (Å²) in [5.74, 6) is 0.537. The lowest BCUT2D eigenvalue weighted by atomic mass is 10.0. The molecule has 1 aromatic heterocycles. The van der Waals surface area contributed by atoms with Crippen LogP contribution in [0.25, 0.3) is 11.4 Å². The first-order valence-electron chi connectivity index (χ1n) is 9.21. The molecule has 1 atom stereocenters. The molecule has 1 N–H and O–H groups in total. The molecule has 0 spiro atoms. The highest BCUT2D eigenvalue weighted by molar-refractivity contribution is 5.98. The van der Waals surface area contributed by atoms with E-state index in [1.807, 2.05) is 37.3 Å². The molecule has 6 nitrogen and oxygen atoms in total. The molecule has 26 heavy (non-hydrogen) atoms. The van der Waals surface area contributed by atoms with E-state index in [4.69, 9.17) is 0 Å².